The molecule has 1 unspecified atom stereocenters. The van der Waals surface area contributed by atoms with E-state index in [1.807, 2.05) is 0 Å². The largest absolute Gasteiger partial charge is 0.352 e. The van der Waals surface area contributed by atoms with Crippen LogP contribution in [0.15, 0.2) is 18.2 Å². The highest BCUT2D eigenvalue weighted by Gasteiger charge is 2.18. The van der Waals surface area contributed by atoms with Gasteiger partial charge in [0.15, 0.2) is 0 Å². The third-order valence-electron chi connectivity index (χ3n) is 4.25. The number of amides is 1. The Hall–Kier alpha value is -1.66. The van der Waals surface area contributed by atoms with Crippen LogP contribution in [-0.2, 0) is 0 Å². The Morgan fingerprint density at radius 3 is 2.96 bits per heavy atom. The van der Waals surface area contributed by atoms with Crippen LogP contribution in [0.1, 0.15) is 43.0 Å². The Labute approximate surface area is 141 Å². The second kappa shape index (κ2) is 8.26. The molecule has 0 bridgehead atoms. The van der Waals surface area contributed by atoms with Crippen molar-refractivity contribution in [3.8, 4) is 0 Å². The lowest BCUT2D eigenvalue weighted by Crippen LogP contribution is -2.39. The van der Waals surface area contributed by atoms with Crippen molar-refractivity contribution < 1.29 is 9.72 Å². The van der Waals surface area contributed by atoms with Gasteiger partial charge in [-0.1, -0.05) is 18.0 Å². The van der Waals surface area contributed by atoms with Gasteiger partial charge in [-0.15, -0.1) is 0 Å². The molecule has 0 saturated carbocycles. The first-order valence-corrected chi connectivity index (χ1v) is 8.33. The van der Waals surface area contributed by atoms with E-state index in [9.17, 15) is 14.9 Å². The summed E-state index contributed by atoms with van der Waals surface area (Å²) in [6, 6.07) is 4.48. The molecule has 1 saturated heterocycles. The maximum absolute atomic E-state index is 12.1. The molecule has 1 aromatic rings. The molecule has 1 heterocycles. The molecule has 1 atom stereocenters. The maximum Gasteiger partial charge on any atom is 0.270 e. The van der Waals surface area contributed by atoms with E-state index in [4.69, 9.17) is 11.6 Å². The average molecular weight is 340 g/mol. The molecule has 126 valence electrons. The number of nitro benzene ring substituents is 1. The molecule has 1 aliphatic heterocycles. The number of nitro groups is 1. The van der Waals surface area contributed by atoms with E-state index in [0.29, 0.717) is 12.6 Å². The van der Waals surface area contributed by atoms with Crippen molar-refractivity contribution in [1.29, 1.82) is 0 Å². The SMILES string of the molecule is CC1CCCCN1CCCNC(=O)c1cc([N+](=O)[O-])ccc1Cl. The van der Waals surface area contributed by atoms with Gasteiger partial charge in [-0.05, 0) is 38.8 Å². The van der Waals surface area contributed by atoms with Crippen LogP contribution in [-0.4, -0.2) is 41.4 Å². The van der Waals surface area contributed by atoms with Crippen LogP contribution in [0.5, 0.6) is 0 Å². The molecule has 0 aromatic heterocycles. The lowest BCUT2D eigenvalue weighted by Gasteiger charge is -2.33. The first-order valence-electron chi connectivity index (χ1n) is 7.95. The molecule has 6 nitrogen and oxygen atoms in total. The van der Waals surface area contributed by atoms with E-state index in [-0.39, 0.29) is 22.2 Å². The first kappa shape index (κ1) is 17.7. The number of nitrogens with zero attached hydrogens (tertiary/aromatic N) is 2. The van der Waals surface area contributed by atoms with Gasteiger partial charge >= 0.3 is 0 Å². The summed E-state index contributed by atoms with van der Waals surface area (Å²) < 4.78 is 0. The minimum absolute atomic E-state index is 0.137. The summed E-state index contributed by atoms with van der Waals surface area (Å²) >= 11 is 5.96. The Bertz CT molecular complexity index is 580. The summed E-state index contributed by atoms with van der Waals surface area (Å²) in [4.78, 5) is 24.8. The van der Waals surface area contributed by atoms with Gasteiger partial charge < -0.3 is 10.2 Å². The molecule has 1 aliphatic rings. The van der Waals surface area contributed by atoms with E-state index in [1.165, 1.54) is 37.5 Å². The highest BCUT2D eigenvalue weighted by atomic mass is 35.5. The van der Waals surface area contributed by atoms with E-state index in [0.717, 1.165) is 19.5 Å². The number of non-ortho nitro benzene ring substituents is 1. The molecule has 1 aromatic carbocycles. The molecular formula is C16H22ClN3O3. The maximum atomic E-state index is 12.1. The summed E-state index contributed by atoms with van der Waals surface area (Å²) in [6.45, 7) is 4.83. The number of carbonyl (C=O) groups is 1. The van der Waals surface area contributed by atoms with Gasteiger partial charge in [0.2, 0.25) is 0 Å². The summed E-state index contributed by atoms with van der Waals surface area (Å²) in [5, 5.41) is 13.8. The van der Waals surface area contributed by atoms with Crippen LogP contribution >= 0.6 is 11.6 Å². The van der Waals surface area contributed by atoms with Gasteiger partial charge in [0, 0.05) is 31.3 Å². The first-order chi connectivity index (χ1) is 11.0. The van der Waals surface area contributed by atoms with Crippen LogP contribution in [0.2, 0.25) is 5.02 Å². The van der Waals surface area contributed by atoms with E-state index >= 15 is 0 Å². The molecule has 1 N–H and O–H groups in total. The Balaban J connectivity index is 1.83. The van der Waals surface area contributed by atoms with E-state index < -0.39 is 4.92 Å². The van der Waals surface area contributed by atoms with Crippen LogP contribution in [0, 0.1) is 10.1 Å². The van der Waals surface area contributed by atoms with Gasteiger partial charge in [0.05, 0.1) is 15.5 Å². The number of likely N-dealkylation sites (tertiary alicyclic amines) is 1. The molecule has 23 heavy (non-hydrogen) atoms. The molecule has 0 radical (unpaired) electrons. The minimum atomic E-state index is -0.537. The molecule has 7 heteroatoms. The average Bonchev–Trinajstić information content (AvgIpc) is 2.53. The van der Waals surface area contributed by atoms with E-state index in [1.54, 1.807) is 0 Å². The zero-order chi connectivity index (χ0) is 16.8. The smallest absolute Gasteiger partial charge is 0.270 e. The van der Waals surface area contributed by atoms with Gasteiger partial charge in [-0.25, -0.2) is 0 Å². The molecule has 1 amide bonds. The second-order valence-corrected chi connectivity index (χ2v) is 6.32. The summed E-state index contributed by atoms with van der Waals surface area (Å²) in [5.74, 6) is -0.370. The standard InChI is InChI=1S/C16H22ClN3O3/c1-12-5-2-3-9-19(12)10-4-8-18-16(21)14-11-13(20(22)23)6-7-15(14)17/h6-7,11-12H,2-5,8-10H2,1H3,(H,18,21). The monoisotopic (exact) mass is 339 g/mol. The fraction of sp³-hybridized carbons (Fsp3) is 0.562. The normalized spacial score (nSPS) is 18.6. The predicted octanol–water partition coefficient (Wildman–Crippen LogP) is 3.24. The van der Waals surface area contributed by atoms with Crippen LogP contribution < -0.4 is 5.32 Å². The quantitative estimate of drug-likeness (QED) is 0.490. The number of piperidine rings is 1. The number of hydrogen-bond donors (Lipinski definition) is 1. The number of hydrogen-bond acceptors (Lipinski definition) is 4. The molecule has 0 spiro atoms. The van der Waals surface area contributed by atoms with Crippen LogP contribution in [0.4, 0.5) is 5.69 Å². The van der Waals surface area contributed by atoms with Crippen molar-refractivity contribution in [2.24, 2.45) is 0 Å². The Morgan fingerprint density at radius 1 is 1.48 bits per heavy atom. The third kappa shape index (κ3) is 4.91. The van der Waals surface area contributed by atoms with Crippen molar-refractivity contribution in [2.45, 2.75) is 38.6 Å². The van der Waals surface area contributed by atoms with Crippen molar-refractivity contribution in [2.75, 3.05) is 19.6 Å². The Kier molecular flexibility index (Phi) is 6.36. The summed E-state index contributed by atoms with van der Waals surface area (Å²) in [7, 11) is 0. The zero-order valence-electron chi connectivity index (χ0n) is 13.3. The van der Waals surface area contributed by atoms with Gasteiger partial charge in [-0.2, -0.15) is 0 Å². The van der Waals surface area contributed by atoms with Crippen molar-refractivity contribution in [1.82, 2.24) is 10.2 Å². The minimum Gasteiger partial charge on any atom is -0.352 e. The van der Waals surface area contributed by atoms with Crippen LogP contribution in [0.3, 0.4) is 0 Å². The zero-order valence-corrected chi connectivity index (χ0v) is 14.0. The van der Waals surface area contributed by atoms with Gasteiger partial charge in [0.25, 0.3) is 11.6 Å². The fourth-order valence-corrected chi connectivity index (χ4v) is 3.07. The van der Waals surface area contributed by atoms with E-state index in [2.05, 4.69) is 17.1 Å². The Morgan fingerprint density at radius 2 is 2.26 bits per heavy atom. The fourth-order valence-electron chi connectivity index (χ4n) is 2.87. The molecule has 2 rings (SSSR count). The lowest BCUT2D eigenvalue weighted by molar-refractivity contribution is -0.384. The van der Waals surface area contributed by atoms with Crippen molar-refractivity contribution in [3.05, 3.63) is 38.9 Å². The van der Waals surface area contributed by atoms with Crippen molar-refractivity contribution >= 4 is 23.2 Å². The predicted molar refractivity (Wildman–Crippen MR) is 89.9 cm³/mol. The summed E-state index contributed by atoms with van der Waals surface area (Å²) in [5.41, 5.74) is 0.00824. The number of rotatable bonds is 6. The van der Waals surface area contributed by atoms with Gasteiger partial charge in [-0.3, -0.25) is 14.9 Å². The highest BCUT2D eigenvalue weighted by molar-refractivity contribution is 6.33. The molecule has 1 fully saturated rings. The number of benzene rings is 1. The van der Waals surface area contributed by atoms with Crippen LogP contribution in [0.25, 0.3) is 0 Å². The molecule has 0 aliphatic carbocycles. The molecular weight excluding hydrogens is 318 g/mol. The topological polar surface area (TPSA) is 75.5 Å². The number of nitrogens with one attached hydrogen (secondary N) is 1. The number of carbonyl (C=O) groups excluding carboxylic acids is 1. The van der Waals surface area contributed by atoms with Gasteiger partial charge in [0.1, 0.15) is 0 Å². The number of halogens is 1. The summed E-state index contributed by atoms with van der Waals surface area (Å²) in [6.07, 6.45) is 4.61. The van der Waals surface area contributed by atoms with Crippen molar-refractivity contribution in [3.63, 3.8) is 0 Å². The second-order valence-electron chi connectivity index (χ2n) is 5.91. The lowest BCUT2D eigenvalue weighted by atomic mass is 10.0. The third-order valence-corrected chi connectivity index (χ3v) is 4.58. The highest BCUT2D eigenvalue weighted by Crippen LogP contribution is 2.22.